The molecule has 1 aromatic carbocycles. The molecule has 2 heterocycles. The molecule has 1 fully saturated rings. The molecule has 6 heteroatoms. The van der Waals surface area contributed by atoms with Crippen LogP contribution < -0.4 is 0 Å². The lowest BCUT2D eigenvalue weighted by Gasteiger charge is -2.24. The monoisotopic (exact) mass is 368 g/mol. The molecule has 27 heavy (non-hydrogen) atoms. The molecule has 0 amide bonds. The molecule has 1 aliphatic carbocycles. The molecule has 0 unspecified atom stereocenters. The average molecular weight is 368 g/mol. The molecule has 1 aliphatic rings. The lowest BCUT2D eigenvalue weighted by Crippen LogP contribution is -2.26. The second-order valence-corrected chi connectivity index (χ2v) is 7.61. The van der Waals surface area contributed by atoms with Crippen LogP contribution in [0.3, 0.4) is 0 Å². The first-order chi connectivity index (χ1) is 13.0. The lowest BCUT2D eigenvalue weighted by atomic mass is 9.87. The van der Waals surface area contributed by atoms with Crippen LogP contribution in [0, 0.1) is 11.6 Å². The van der Waals surface area contributed by atoms with Crippen LogP contribution in [0.4, 0.5) is 8.78 Å². The van der Waals surface area contributed by atoms with Gasteiger partial charge in [-0.25, -0.2) is 8.78 Å². The van der Waals surface area contributed by atoms with Gasteiger partial charge in [-0.1, -0.05) is 18.2 Å². The minimum Gasteiger partial charge on any atom is -0.314 e. The van der Waals surface area contributed by atoms with Gasteiger partial charge in [-0.2, -0.15) is 0 Å². The predicted molar refractivity (Wildman–Crippen MR) is 98.4 cm³/mol. The number of hydrogen-bond acceptors (Lipinski definition) is 3. The fraction of sp³-hybridized carbons (Fsp3) is 0.381. The zero-order chi connectivity index (χ0) is 19.0. The largest absolute Gasteiger partial charge is 0.314 e. The van der Waals surface area contributed by atoms with Crippen molar-refractivity contribution in [1.82, 2.24) is 19.7 Å². The Kier molecular flexibility index (Phi) is 4.50. The molecule has 0 N–H and O–H groups in total. The van der Waals surface area contributed by atoms with E-state index in [0.717, 1.165) is 36.3 Å². The van der Waals surface area contributed by atoms with Crippen molar-refractivity contribution in [3.05, 3.63) is 77.1 Å². The van der Waals surface area contributed by atoms with E-state index >= 15 is 0 Å². The van der Waals surface area contributed by atoms with E-state index in [9.17, 15) is 8.78 Å². The molecule has 4 nitrogen and oxygen atoms in total. The zero-order valence-corrected chi connectivity index (χ0v) is 15.5. The molecular formula is C21H22F2N4. The third-order valence-electron chi connectivity index (χ3n) is 5.22. The first kappa shape index (κ1) is 17.8. The highest BCUT2D eigenvalue weighted by atomic mass is 19.2. The number of aromatic nitrogens is 4. The molecule has 0 saturated heterocycles. The zero-order valence-electron chi connectivity index (χ0n) is 15.5. The molecule has 0 bridgehead atoms. The van der Waals surface area contributed by atoms with E-state index in [1.54, 1.807) is 18.3 Å². The molecule has 0 spiro atoms. The summed E-state index contributed by atoms with van der Waals surface area (Å²) in [4.78, 5) is 4.49. The van der Waals surface area contributed by atoms with Gasteiger partial charge >= 0.3 is 0 Å². The van der Waals surface area contributed by atoms with Crippen LogP contribution in [0.1, 0.15) is 55.5 Å². The second-order valence-electron chi connectivity index (χ2n) is 7.61. The van der Waals surface area contributed by atoms with Crippen LogP contribution in [0.2, 0.25) is 0 Å². The number of pyridine rings is 1. The van der Waals surface area contributed by atoms with Crippen molar-refractivity contribution in [1.29, 1.82) is 0 Å². The smallest absolute Gasteiger partial charge is 0.162 e. The number of nitrogens with zero attached hydrogens (tertiary/aromatic N) is 4. The van der Waals surface area contributed by atoms with E-state index in [2.05, 4.69) is 33.6 Å². The first-order valence-electron chi connectivity index (χ1n) is 9.26. The molecule has 1 saturated carbocycles. The number of aryl methyl sites for hydroxylation is 1. The Morgan fingerprint density at radius 3 is 2.59 bits per heavy atom. The SMILES string of the molecule is CC(C)(c1ccccn1)c1nnc(C2CC2)n1CCc1cccc(F)c1F. The highest BCUT2D eigenvalue weighted by Crippen LogP contribution is 2.41. The van der Waals surface area contributed by atoms with E-state index in [4.69, 9.17) is 0 Å². The lowest BCUT2D eigenvalue weighted by molar-refractivity contribution is 0.483. The highest BCUT2D eigenvalue weighted by Gasteiger charge is 2.36. The minimum absolute atomic E-state index is 0.368. The van der Waals surface area contributed by atoms with Gasteiger partial charge in [0.05, 0.1) is 11.1 Å². The third kappa shape index (κ3) is 3.36. The molecule has 4 rings (SSSR count). The normalized spacial score (nSPS) is 14.5. The molecule has 0 aliphatic heterocycles. The predicted octanol–water partition coefficient (Wildman–Crippen LogP) is 4.40. The summed E-state index contributed by atoms with van der Waals surface area (Å²) in [5.41, 5.74) is 0.826. The number of hydrogen-bond donors (Lipinski definition) is 0. The highest BCUT2D eigenvalue weighted by molar-refractivity contribution is 5.27. The first-order valence-corrected chi connectivity index (χ1v) is 9.26. The van der Waals surface area contributed by atoms with Gasteiger partial charge in [-0.3, -0.25) is 4.98 Å². The molecule has 0 radical (unpaired) electrons. The Labute approximate surface area is 157 Å². The topological polar surface area (TPSA) is 43.6 Å². The Hall–Kier alpha value is -2.63. The summed E-state index contributed by atoms with van der Waals surface area (Å²) in [6.07, 6.45) is 4.33. The van der Waals surface area contributed by atoms with Crippen LogP contribution >= 0.6 is 0 Å². The Morgan fingerprint density at radius 1 is 1.07 bits per heavy atom. The van der Waals surface area contributed by atoms with Gasteiger partial charge in [-0.15, -0.1) is 10.2 Å². The summed E-state index contributed by atoms with van der Waals surface area (Å²) < 4.78 is 29.7. The Balaban J connectivity index is 1.69. The van der Waals surface area contributed by atoms with E-state index < -0.39 is 17.0 Å². The summed E-state index contributed by atoms with van der Waals surface area (Å²) in [5.74, 6) is 0.561. The summed E-state index contributed by atoms with van der Waals surface area (Å²) in [6, 6.07) is 10.1. The van der Waals surface area contributed by atoms with Crippen molar-refractivity contribution in [2.45, 2.75) is 51.0 Å². The maximum Gasteiger partial charge on any atom is 0.162 e. The van der Waals surface area contributed by atoms with Gasteiger partial charge in [0.15, 0.2) is 11.6 Å². The number of halogens is 2. The van der Waals surface area contributed by atoms with Crippen molar-refractivity contribution >= 4 is 0 Å². The van der Waals surface area contributed by atoms with Gasteiger partial charge in [0.25, 0.3) is 0 Å². The quantitative estimate of drug-likeness (QED) is 0.648. The summed E-state index contributed by atoms with van der Waals surface area (Å²) in [6.45, 7) is 4.63. The average Bonchev–Trinajstić information content (AvgIpc) is 3.42. The fourth-order valence-corrected chi connectivity index (χ4v) is 3.46. The van der Waals surface area contributed by atoms with Gasteiger partial charge in [0.2, 0.25) is 0 Å². The molecule has 2 aromatic heterocycles. The Bertz CT molecular complexity index is 946. The van der Waals surface area contributed by atoms with Crippen molar-refractivity contribution in [2.75, 3.05) is 0 Å². The van der Waals surface area contributed by atoms with E-state index in [0.29, 0.717) is 24.4 Å². The van der Waals surface area contributed by atoms with Crippen molar-refractivity contribution in [3.63, 3.8) is 0 Å². The van der Waals surface area contributed by atoms with Crippen molar-refractivity contribution in [3.8, 4) is 0 Å². The van der Waals surface area contributed by atoms with E-state index in [1.165, 1.54) is 0 Å². The van der Waals surface area contributed by atoms with Crippen molar-refractivity contribution in [2.24, 2.45) is 0 Å². The number of benzene rings is 1. The molecular weight excluding hydrogens is 346 g/mol. The fourth-order valence-electron chi connectivity index (χ4n) is 3.46. The maximum absolute atomic E-state index is 14.1. The van der Waals surface area contributed by atoms with Crippen LogP contribution in [0.15, 0.2) is 42.6 Å². The van der Waals surface area contributed by atoms with Crippen molar-refractivity contribution < 1.29 is 8.78 Å². The number of rotatable bonds is 6. The van der Waals surface area contributed by atoms with Gasteiger partial charge < -0.3 is 4.57 Å². The molecule has 3 aromatic rings. The summed E-state index contributed by atoms with van der Waals surface area (Å²) >= 11 is 0. The summed E-state index contributed by atoms with van der Waals surface area (Å²) in [7, 11) is 0. The molecule has 140 valence electrons. The van der Waals surface area contributed by atoms with Crippen LogP contribution in [0.25, 0.3) is 0 Å². The third-order valence-corrected chi connectivity index (χ3v) is 5.22. The second kappa shape index (κ2) is 6.83. The van der Waals surface area contributed by atoms with Crippen LogP contribution in [-0.2, 0) is 18.4 Å². The van der Waals surface area contributed by atoms with E-state index in [1.807, 2.05) is 18.2 Å². The van der Waals surface area contributed by atoms with Gasteiger partial charge in [0.1, 0.15) is 11.6 Å². The Morgan fingerprint density at radius 2 is 1.89 bits per heavy atom. The van der Waals surface area contributed by atoms with Gasteiger partial charge in [0, 0.05) is 18.7 Å². The van der Waals surface area contributed by atoms with E-state index in [-0.39, 0.29) is 0 Å². The maximum atomic E-state index is 14.1. The molecule has 0 atom stereocenters. The van der Waals surface area contributed by atoms with Gasteiger partial charge in [-0.05, 0) is 56.9 Å². The van der Waals surface area contributed by atoms with Crippen LogP contribution in [0.5, 0.6) is 0 Å². The van der Waals surface area contributed by atoms with Crippen LogP contribution in [-0.4, -0.2) is 19.7 Å². The summed E-state index contributed by atoms with van der Waals surface area (Å²) in [5, 5.41) is 8.92. The standard InChI is InChI=1S/C21H22F2N4/c1-21(2,17-8-3-4-12-24-17)20-26-25-19(15-9-10-15)27(20)13-11-14-6-5-7-16(22)18(14)23/h3-8,12,15H,9-11,13H2,1-2H3. The minimum atomic E-state index is -0.812.